The van der Waals surface area contributed by atoms with Crippen LogP contribution in [0.2, 0.25) is 0 Å². The third-order valence-electron chi connectivity index (χ3n) is 3.75. The number of benzene rings is 1. The van der Waals surface area contributed by atoms with E-state index in [1.807, 2.05) is 28.2 Å². The molecule has 140 valence electrons. The second-order valence-electron chi connectivity index (χ2n) is 6.31. The Morgan fingerprint density at radius 2 is 1.67 bits per heavy atom. The molecular weight excluding hydrogens is 348 g/mol. The van der Waals surface area contributed by atoms with Crippen molar-refractivity contribution in [3.05, 3.63) is 52.1 Å². The predicted octanol–water partition coefficient (Wildman–Crippen LogP) is 1.04. The SMILES string of the molecule is CN(C)c1nc(CNC(=O)c2cc3ccccc3oc2=O)nc(N(C)C)n1. The number of para-hydroxylation sites is 1. The second kappa shape index (κ2) is 7.40. The lowest BCUT2D eigenvalue weighted by Gasteiger charge is -2.16. The molecule has 0 spiro atoms. The van der Waals surface area contributed by atoms with Crippen LogP contribution in [-0.4, -0.2) is 49.0 Å². The molecule has 0 fully saturated rings. The highest BCUT2D eigenvalue weighted by Crippen LogP contribution is 2.13. The number of hydrogen-bond donors (Lipinski definition) is 1. The van der Waals surface area contributed by atoms with Crippen molar-refractivity contribution in [2.45, 2.75) is 6.54 Å². The van der Waals surface area contributed by atoms with Gasteiger partial charge in [0.05, 0.1) is 6.54 Å². The summed E-state index contributed by atoms with van der Waals surface area (Å²) in [5.74, 6) is 0.787. The highest BCUT2D eigenvalue weighted by atomic mass is 16.4. The first kappa shape index (κ1) is 18.3. The van der Waals surface area contributed by atoms with Gasteiger partial charge in [-0.2, -0.15) is 15.0 Å². The Bertz CT molecular complexity index is 1020. The number of carbonyl (C=O) groups is 1. The molecule has 1 N–H and O–H groups in total. The minimum atomic E-state index is -0.690. The molecule has 3 rings (SSSR count). The van der Waals surface area contributed by atoms with Gasteiger partial charge in [0.25, 0.3) is 5.91 Å². The van der Waals surface area contributed by atoms with Crippen molar-refractivity contribution >= 4 is 28.8 Å². The zero-order valence-corrected chi connectivity index (χ0v) is 15.6. The molecule has 0 radical (unpaired) electrons. The molecule has 0 unspecified atom stereocenters. The summed E-state index contributed by atoms with van der Waals surface area (Å²) < 4.78 is 5.20. The van der Waals surface area contributed by atoms with Crippen molar-refractivity contribution in [3.63, 3.8) is 0 Å². The molecule has 3 aromatic rings. The van der Waals surface area contributed by atoms with Gasteiger partial charge in [-0.25, -0.2) is 4.79 Å². The van der Waals surface area contributed by atoms with E-state index in [2.05, 4.69) is 20.3 Å². The van der Waals surface area contributed by atoms with Crippen molar-refractivity contribution in [1.82, 2.24) is 20.3 Å². The predicted molar refractivity (Wildman–Crippen MR) is 102 cm³/mol. The third kappa shape index (κ3) is 4.02. The summed E-state index contributed by atoms with van der Waals surface area (Å²) in [6.07, 6.45) is 0. The van der Waals surface area contributed by atoms with E-state index in [4.69, 9.17) is 4.42 Å². The Morgan fingerprint density at radius 3 is 2.30 bits per heavy atom. The summed E-state index contributed by atoms with van der Waals surface area (Å²) in [6, 6.07) is 8.53. The standard InChI is InChI=1S/C18H20N6O3/c1-23(2)17-20-14(21-18(22-17)24(3)4)10-19-15(25)12-9-11-7-5-6-8-13(11)27-16(12)26/h5-9H,10H2,1-4H3,(H,19,25). The number of aromatic nitrogens is 3. The third-order valence-corrected chi connectivity index (χ3v) is 3.75. The maximum absolute atomic E-state index is 12.5. The molecule has 9 heteroatoms. The fourth-order valence-corrected chi connectivity index (χ4v) is 2.35. The molecular formula is C18H20N6O3. The fourth-order valence-electron chi connectivity index (χ4n) is 2.35. The Balaban J connectivity index is 1.83. The van der Waals surface area contributed by atoms with Crippen molar-refractivity contribution in [3.8, 4) is 0 Å². The van der Waals surface area contributed by atoms with Crippen LogP contribution >= 0.6 is 0 Å². The number of amides is 1. The number of hydrogen-bond acceptors (Lipinski definition) is 8. The average Bonchev–Trinajstić information content (AvgIpc) is 2.65. The lowest BCUT2D eigenvalue weighted by Crippen LogP contribution is -2.29. The molecule has 0 aliphatic heterocycles. The number of nitrogens with one attached hydrogen (secondary N) is 1. The molecule has 1 amide bonds. The van der Waals surface area contributed by atoms with Crippen molar-refractivity contribution in [2.75, 3.05) is 38.0 Å². The van der Waals surface area contributed by atoms with E-state index in [0.29, 0.717) is 28.7 Å². The first-order chi connectivity index (χ1) is 12.8. The molecule has 0 aliphatic rings. The maximum atomic E-state index is 12.5. The van der Waals surface area contributed by atoms with Gasteiger partial charge in [0.1, 0.15) is 11.1 Å². The van der Waals surface area contributed by atoms with Crippen molar-refractivity contribution in [2.24, 2.45) is 0 Å². The van der Waals surface area contributed by atoms with E-state index in [-0.39, 0.29) is 12.1 Å². The van der Waals surface area contributed by atoms with E-state index >= 15 is 0 Å². The van der Waals surface area contributed by atoms with E-state index in [1.54, 1.807) is 34.1 Å². The lowest BCUT2D eigenvalue weighted by atomic mass is 10.2. The molecule has 0 saturated heterocycles. The molecule has 0 saturated carbocycles. The number of carbonyl (C=O) groups excluding carboxylic acids is 1. The van der Waals surface area contributed by atoms with Crippen molar-refractivity contribution < 1.29 is 9.21 Å². The van der Waals surface area contributed by atoms with Crippen LogP contribution in [0.1, 0.15) is 16.2 Å². The van der Waals surface area contributed by atoms with Gasteiger partial charge in [-0.3, -0.25) is 4.79 Å². The van der Waals surface area contributed by atoms with Crippen molar-refractivity contribution in [1.29, 1.82) is 0 Å². The molecule has 0 atom stereocenters. The van der Waals surface area contributed by atoms with Gasteiger partial charge >= 0.3 is 5.63 Å². The van der Waals surface area contributed by atoms with Crippen LogP contribution in [-0.2, 0) is 6.54 Å². The van der Waals surface area contributed by atoms with Gasteiger partial charge in [0.2, 0.25) is 11.9 Å². The van der Waals surface area contributed by atoms with Gasteiger partial charge in [-0.1, -0.05) is 18.2 Å². The van der Waals surface area contributed by atoms with Crippen LogP contribution in [0.25, 0.3) is 11.0 Å². The van der Waals surface area contributed by atoms with Crippen LogP contribution < -0.4 is 20.7 Å². The van der Waals surface area contributed by atoms with E-state index in [0.717, 1.165) is 0 Å². The molecule has 2 aromatic heterocycles. The number of nitrogens with zero attached hydrogens (tertiary/aromatic N) is 5. The summed E-state index contributed by atoms with van der Waals surface area (Å²) >= 11 is 0. The molecule has 27 heavy (non-hydrogen) atoms. The average molecular weight is 368 g/mol. The van der Waals surface area contributed by atoms with E-state index in [9.17, 15) is 9.59 Å². The molecule has 9 nitrogen and oxygen atoms in total. The molecule has 1 aromatic carbocycles. The maximum Gasteiger partial charge on any atom is 0.349 e. The van der Waals surface area contributed by atoms with Crippen LogP contribution in [0.5, 0.6) is 0 Å². The minimum absolute atomic E-state index is 0.0509. The van der Waals surface area contributed by atoms with Crippen LogP contribution in [0.4, 0.5) is 11.9 Å². The first-order valence-electron chi connectivity index (χ1n) is 8.26. The Hall–Kier alpha value is -3.49. The van der Waals surface area contributed by atoms with E-state index in [1.165, 1.54) is 6.07 Å². The van der Waals surface area contributed by atoms with Gasteiger partial charge in [0, 0.05) is 33.6 Å². The summed E-state index contributed by atoms with van der Waals surface area (Å²) in [5, 5.41) is 3.34. The largest absolute Gasteiger partial charge is 0.422 e. The van der Waals surface area contributed by atoms with Gasteiger partial charge < -0.3 is 19.5 Å². The Morgan fingerprint density at radius 1 is 1.04 bits per heavy atom. The second-order valence-corrected chi connectivity index (χ2v) is 6.31. The summed E-state index contributed by atoms with van der Waals surface area (Å²) in [7, 11) is 7.27. The summed E-state index contributed by atoms with van der Waals surface area (Å²) in [6.45, 7) is 0.0509. The highest BCUT2D eigenvalue weighted by Gasteiger charge is 2.15. The monoisotopic (exact) mass is 368 g/mol. The van der Waals surface area contributed by atoms with Gasteiger partial charge in [0.15, 0.2) is 5.82 Å². The summed E-state index contributed by atoms with van der Waals surface area (Å²) in [4.78, 5) is 41.0. The van der Waals surface area contributed by atoms with Gasteiger partial charge in [-0.15, -0.1) is 0 Å². The zero-order chi connectivity index (χ0) is 19.6. The van der Waals surface area contributed by atoms with Crippen LogP contribution in [0, 0.1) is 0 Å². The topological polar surface area (TPSA) is 104 Å². The van der Waals surface area contributed by atoms with Crippen LogP contribution in [0.15, 0.2) is 39.5 Å². The zero-order valence-electron chi connectivity index (χ0n) is 15.6. The number of rotatable bonds is 5. The fraction of sp³-hybridized carbons (Fsp3) is 0.278. The quantitative estimate of drug-likeness (QED) is 0.666. The normalized spacial score (nSPS) is 10.7. The summed E-state index contributed by atoms with van der Waals surface area (Å²) in [5.41, 5.74) is -0.323. The Kier molecular flexibility index (Phi) is 5.02. The van der Waals surface area contributed by atoms with Crippen LogP contribution in [0.3, 0.4) is 0 Å². The first-order valence-corrected chi connectivity index (χ1v) is 8.26. The Labute approximate surface area is 155 Å². The molecule has 2 heterocycles. The molecule has 0 bridgehead atoms. The highest BCUT2D eigenvalue weighted by molar-refractivity contribution is 5.96. The number of fused-ring (bicyclic) bond motifs is 1. The smallest absolute Gasteiger partial charge is 0.349 e. The molecule has 0 aliphatic carbocycles. The van der Waals surface area contributed by atoms with E-state index < -0.39 is 11.5 Å². The van der Waals surface area contributed by atoms with Gasteiger partial charge in [-0.05, 0) is 12.1 Å². The number of anilines is 2. The lowest BCUT2D eigenvalue weighted by molar-refractivity contribution is 0.0946. The minimum Gasteiger partial charge on any atom is -0.422 e.